The highest BCUT2D eigenvalue weighted by Crippen LogP contribution is 2.33. The van der Waals surface area contributed by atoms with Crippen LogP contribution in [0, 0.1) is 22.7 Å². The molecule has 0 aliphatic heterocycles. The summed E-state index contributed by atoms with van der Waals surface area (Å²) >= 11 is 0. The van der Waals surface area contributed by atoms with Crippen molar-refractivity contribution in [2.24, 2.45) is 0 Å². The van der Waals surface area contributed by atoms with Crippen LogP contribution in [0.4, 0.5) is 0 Å². The van der Waals surface area contributed by atoms with E-state index < -0.39 is 0 Å². The molecule has 0 fully saturated rings. The molecule has 0 spiro atoms. The van der Waals surface area contributed by atoms with Crippen molar-refractivity contribution in [3.63, 3.8) is 0 Å². The second-order valence-electron chi connectivity index (χ2n) is 7.99. The number of benzene rings is 2. The Morgan fingerprint density at radius 2 is 0.875 bits per heavy atom. The SMILES string of the molecule is COc1ccc(/C(=C/C#N)c2ccncc2)cc1OC.COc1ccc(/C(=C/C#N)c2ccncc2)cc1OC. The number of hydrogen-bond acceptors (Lipinski definition) is 8. The number of ether oxygens (including phenoxy) is 4. The molecule has 200 valence electrons. The normalized spacial score (nSPS) is 10.8. The molecule has 2 heterocycles. The topological polar surface area (TPSA) is 110 Å². The number of allylic oxidation sites excluding steroid dienone is 2. The van der Waals surface area contributed by atoms with E-state index in [0.717, 1.165) is 33.4 Å². The Balaban J connectivity index is 0.000000220. The fourth-order valence-electron chi connectivity index (χ4n) is 3.87. The lowest BCUT2D eigenvalue weighted by Gasteiger charge is -2.11. The van der Waals surface area contributed by atoms with Crippen LogP contribution in [0.15, 0.2) is 97.6 Å². The van der Waals surface area contributed by atoms with Crippen LogP contribution in [-0.4, -0.2) is 38.4 Å². The van der Waals surface area contributed by atoms with Crippen molar-refractivity contribution in [3.05, 3.63) is 120 Å². The summed E-state index contributed by atoms with van der Waals surface area (Å²) in [6.45, 7) is 0. The van der Waals surface area contributed by atoms with Gasteiger partial charge in [0.2, 0.25) is 0 Å². The Kier molecular flexibility index (Phi) is 10.8. The second kappa shape index (κ2) is 15.0. The Morgan fingerprint density at radius 1 is 0.525 bits per heavy atom. The molecule has 0 radical (unpaired) electrons. The van der Waals surface area contributed by atoms with Crippen LogP contribution in [-0.2, 0) is 0 Å². The fourth-order valence-corrected chi connectivity index (χ4v) is 3.87. The lowest BCUT2D eigenvalue weighted by atomic mass is 9.98. The lowest BCUT2D eigenvalue weighted by Crippen LogP contribution is -1.94. The van der Waals surface area contributed by atoms with Gasteiger partial charge in [-0.1, -0.05) is 12.1 Å². The Bertz CT molecular complexity index is 1430. The smallest absolute Gasteiger partial charge is 0.161 e. The van der Waals surface area contributed by atoms with Gasteiger partial charge in [0.25, 0.3) is 0 Å². The summed E-state index contributed by atoms with van der Waals surface area (Å²) in [6.07, 6.45) is 9.80. The maximum Gasteiger partial charge on any atom is 0.161 e. The zero-order chi connectivity index (χ0) is 28.7. The molecule has 0 unspecified atom stereocenters. The molecule has 4 aromatic rings. The highest BCUT2D eigenvalue weighted by molar-refractivity contribution is 5.83. The molecule has 4 rings (SSSR count). The van der Waals surface area contributed by atoms with E-state index >= 15 is 0 Å². The molecule has 2 aromatic heterocycles. The van der Waals surface area contributed by atoms with Gasteiger partial charge in [-0.2, -0.15) is 10.5 Å². The molecule has 0 bridgehead atoms. The van der Waals surface area contributed by atoms with Crippen molar-refractivity contribution in [2.75, 3.05) is 28.4 Å². The highest BCUT2D eigenvalue weighted by atomic mass is 16.5. The standard InChI is InChI=1S/2C16H14N2O2/c2*1-19-15-4-3-13(11-16(15)20-2)14(5-8-17)12-6-9-18-10-7-12/h2*3-7,9-11H,1-2H3/b2*14-5+. The van der Waals surface area contributed by atoms with Crippen molar-refractivity contribution >= 4 is 11.1 Å². The molecule has 0 N–H and O–H groups in total. The van der Waals surface area contributed by atoms with E-state index in [1.807, 2.05) is 60.7 Å². The number of nitriles is 2. The molecular formula is C32H28N4O4. The molecule has 0 amide bonds. The average molecular weight is 533 g/mol. The first-order valence-corrected chi connectivity index (χ1v) is 12.0. The molecule has 40 heavy (non-hydrogen) atoms. The summed E-state index contributed by atoms with van der Waals surface area (Å²) in [7, 11) is 6.35. The monoisotopic (exact) mass is 532 g/mol. The molecule has 8 nitrogen and oxygen atoms in total. The quantitative estimate of drug-likeness (QED) is 0.250. The summed E-state index contributed by atoms with van der Waals surface area (Å²) in [4.78, 5) is 7.98. The highest BCUT2D eigenvalue weighted by Gasteiger charge is 2.11. The minimum Gasteiger partial charge on any atom is -0.493 e. The van der Waals surface area contributed by atoms with Crippen molar-refractivity contribution in [2.45, 2.75) is 0 Å². The predicted molar refractivity (Wildman–Crippen MR) is 153 cm³/mol. The average Bonchev–Trinajstić information content (AvgIpc) is 3.03. The first-order valence-electron chi connectivity index (χ1n) is 12.0. The van der Waals surface area contributed by atoms with Crippen LogP contribution in [0.25, 0.3) is 11.1 Å². The van der Waals surface area contributed by atoms with Crippen molar-refractivity contribution < 1.29 is 18.9 Å². The van der Waals surface area contributed by atoms with Gasteiger partial charge in [0, 0.05) is 36.9 Å². The first kappa shape index (κ1) is 29.0. The molecule has 0 saturated heterocycles. The Hall–Kier alpha value is -5.60. The zero-order valence-corrected chi connectivity index (χ0v) is 22.7. The molecule has 0 aliphatic carbocycles. The van der Waals surface area contributed by atoms with Crippen LogP contribution < -0.4 is 18.9 Å². The second-order valence-corrected chi connectivity index (χ2v) is 7.99. The summed E-state index contributed by atoms with van der Waals surface area (Å²) in [5, 5.41) is 18.0. The van der Waals surface area contributed by atoms with Gasteiger partial charge in [0.15, 0.2) is 23.0 Å². The molecule has 0 saturated carbocycles. The van der Waals surface area contributed by atoms with E-state index in [0.29, 0.717) is 23.0 Å². The van der Waals surface area contributed by atoms with Gasteiger partial charge in [-0.25, -0.2) is 0 Å². The van der Waals surface area contributed by atoms with Gasteiger partial charge in [-0.3, -0.25) is 9.97 Å². The minimum atomic E-state index is 0.628. The number of pyridine rings is 2. The van der Waals surface area contributed by atoms with Gasteiger partial charge in [-0.05, 0) is 81.9 Å². The minimum absolute atomic E-state index is 0.628. The molecule has 2 aromatic carbocycles. The molecule has 0 atom stereocenters. The molecular weight excluding hydrogens is 504 g/mol. The number of methoxy groups -OCH3 is 4. The van der Waals surface area contributed by atoms with E-state index in [2.05, 4.69) is 22.1 Å². The number of rotatable bonds is 8. The van der Waals surface area contributed by atoms with Crippen LogP contribution in [0.2, 0.25) is 0 Å². The fraction of sp³-hybridized carbons (Fsp3) is 0.125. The third kappa shape index (κ3) is 7.25. The summed E-state index contributed by atoms with van der Waals surface area (Å²) < 4.78 is 21.0. The van der Waals surface area contributed by atoms with E-state index in [1.165, 1.54) is 12.2 Å². The summed E-state index contributed by atoms with van der Waals surface area (Å²) in [5.41, 5.74) is 5.25. The first-order chi connectivity index (χ1) is 19.6. The van der Waals surface area contributed by atoms with Gasteiger partial charge in [0.05, 0.1) is 40.6 Å². The van der Waals surface area contributed by atoms with Gasteiger partial charge in [-0.15, -0.1) is 0 Å². The van der Waals surface area contributed by atoms with Gasteiger partial charge in [0.1, 0.15) is 0 Å². The number of aromatic nitrogens is 2. The zero-order valence-electron chi connectivity index (χ0n) is 22.7. The van der Waals surface area contributed by atoms with Crippen molar-refractivity contribution in [3.8, 4) is 35.1 Å². The maximum atomic E-state index is 8.99. The Morgan fingerprint density at radius 3 is 1.18 bits per heavy atom. The van der Waals surface area contributed by atoms with Gasteiger partial charge >= 0.3 is 0 Å². The number of hydrogen-bond donors (Lipinski definition) is 0. The van der Waals surface area contributed by atoms with Crippen LogP contribution in [0.3, 0.4) is 0 Å². The summed E-state index contributed by atoms with van der Waals surface area (Å²) in [5.74, 6) is 2.57. The molecule has 0 aliphatic rings. The summed E-state index contributed by atoms with van der Waals surface area (Å²) in [6, 6.07) is 22.7. The van der Waals surface area contributed by atoms with Crippen molar-refractivity contribution in [1.82, 2.24) is 9.97 Å². The van der Waals surface area contributed by atoms with Crippen LogP contribution >= 0.6 is 0 Å². The van der Waals surface area contributed by atoms with Crippen LogP contribution in [0.5, 0.6) is 23.0 Å². The van der Waals surface area contributed by atoms with E-state index in [1.54, 1.807) is 53.2 Å². The molecule has 8 heteroatoms. The maximum absolute atomic E-state index is 8.99. The largest absolute Gasteiger partial charge is 0.493 e. The van der Waals surface area contributed by atoms with Crippen molar-refractivity contribution in [1.29, 1.82) is 10.5 Å². The number of nitrogens with zero attached hydrogens (tertiary/aromatic N) is 4. The van der Waals surface area contributed by atoms with Gasteiger partial charge < -0.3 is 18.9 Å². The third-order valence-electron chi connectivity index (χ3n) is 5.79. The third-order valence-corrected chi connectivity index (χ3v) is 5.79. The predicted octanol–water partition coefficient (Wildman–Crippen LogP) is 6.11. The lowest BCUT2D eigenvalue weighted by molar-refractivity contribution is 0.355. The Labute approximate surface area is 234 Å². The van der Waals surface area contributed by atoms with E-state index in [4.69, 9.17) is 29.5 Å². The van der Waals surface area contributed by atoms with E-state index in [9.17, 15) is 0 Å². The van der Waals surface area contributed by atoms with E-state index in [-0.39, 0.29) is 0 Å². The van der Waals surface area contributed by atoms with Crippen LogP contribution in [0.1, 0.15) is 22.3 Å².